The van der Waals surface area contributed by atoms with Crippen LogP contribution in [-0.4, -0.2) is 11.5 Å². The predicted octanol–water partition coefficient (Wildman–Crippen LogP) is 3.58. The van der Waals surface area contributed by atoms with Crippen molar-refractivity contribution in [3.05, 3.63) is 59.2 Å². The molecule has 0 radical (unpaired) electrons. The number of nitrogens with two attached hydrogens (primary N) is 1. The number of hydrogen-bond acceptors (Lipinski definition) is 3. The third-order valence-corrected chi connectivity index (χ3v) is 3.51. The molecule has 0 spiro atoms. The Bertz CT molecular complexity index is 611. The molecule has 0 saturated heterocycles. The smallest absolute Gasteiger partial charge is 0.130 e. The van der Waals surface area contributed by atoms with Crippen molar-refractivity contribution in [3.8, 4) is 0 Å². The van der Waals surface area contributed by atoms with Crippen LogP contribution in [0.5, 0.6) is 0 Å². The average Bonchev–Trinajstić information content (AvgIpc) is 2.44. The van der Waals surface area contributed by atoms with E-state index in [4.69, 9.17) is 5.73 Å². The second-order valence-corrected chi connectivity index (χ2v) is 5.25. The summed E-state index contributed by atoms with van der Waals surface area (Å²) in [5, 5.41) is 0. The second-order valence-electron chi connectivity index (χ2n) is 5.25. The van der Waals surface area contributed by atoms with Gasteiger partial charge in [-0.1, -0.05) is 12.1 Å². The number of aryl methyl sites for hydroxylation is 1. The minimum atomic E-state index is -0.347. The lowest BCUT2D eigenvalue weighted by Gasteiger charge is -2.27. The number of rotatable bonds is 5. The summed E-state index contributed by atoms with van der Waals surface area (Å²) in [6, 6.07) is 10.7. The van der Waals surface area contributed by atoms with Gasteiger partial charge in [-0.3, -0.25) is 4.98 Å². The van der Waals surface area contributed by atoms with Crippen LogP contribution in [0.1, 0.15) is 36.8 Å². The van der Waals surface area contributed by atoms with Crippen molar-refractivity contribution in [2.24, 2.45) is 5.73 Å². The SMILES string of the molecule is CCN(Cc1cccc(C)n1)c1cccc(F)c1[C@@H](C)N. The van der Waals surface area contributed by atoms with Crippen molar-refractivity contribution in [1.29, 1.82) is 0 Å². The first kappa shape index (κ1) is 15.4. The van der Waals surface area contributed by atoms with Gasteiger partial charge >= 0.3 is 0 Å². The number of hydrogen-bond donors (Lipinski definition) is 1. The van der Waals surface area contributed by atoms with Gasteiger partial charge in [0.05, 0.1) is 12.2 Å². The molecule has 0 fully saturated rings. The largest absolute Gasteiger partial charge is 0.366 e. The minimum Gasteiger partial charge on any atom is -0.366 e. The molecule has 2 aromatic rings. The van der Waals surface area contributed by atoms with Crippen LogP contribution < -0.4 is 10.6 Å². The Kier molecular flexibility index (Phi) is 4.91. The van der Waals surface area contributed by atoms with E-state index in [0.717, 1.165) is 23.6 Å². The zero-order valence-corrected chi connectivity index (χ0v) is 12.8. The molecule has 0 aliphatic carbocycles. The van der Waals surface area contributed by atoms with E-state index in [2.05, 4.69) is 9.88 Å². The van der Waals surface area contributed by atoms with Gasteiger partial charge in [-0.25, -0.2) is 4.39 Å². The van der Waals surface area contributed by atoms with E-state index in [9.17, 15) is 4.39 Å². The van der Waals surface area contributed by atoms with Gasteiger partial charge in [-0.15, -0.1) is 0 Å². The summed E-state index contributed by atoms with van der Waals surface area (Å²) in [5.41, 5.74) is 9.30. The lowest BCUT2D eigenvalue weighted by atomic mass is 10.0. The summed E-state index contributed by atoms with van der Waals surface area (Å²) in [6.07, 6.45) is 0. The number of halogens is 1. The van der Waals surface area contributed by atoms with E-state index < -0.39 is 0 Å². The Labute approximate surface area is 125 Å². The van der Waals surface area contributed by atoms with Gasteiger partial charge < -0.3 is 10.6 Å². The Morgan fingerprint density at radius 3 is 2.57 bits per heavy atom. The average molecular weight is 287 g/mol. The highest BCUT2D eigenvalue weighted by Gasteiger charge is 2.17. The quantitative estimate of drug-likeness (QED) is 0.914. The number of pyridine rings is 1. The molecule has 2 rings (SSSR count). The first-order valence-electron chi connectivity index (χ1n) is 7.24. The Balaban J connectivity index is 2.36. The molecule has 0 unspecified atom stereocenters. The monoisotopic (exact) mass is 287 g/mol. The lowest BCUT2D eigenvalue weighted by molar-refractivity contribution is 0.591. The molecular weight excluding hydrogens is 265 g/mol. The van der Waals surface area contributed by atoms with E-state index in [1.54, 1.807) is 13.0 Å². The predicted molar refractivity (Wildman–Crippen MR) is 84.7 cm³/mol. The van der Waals surface area contributed by atoms with Crippen LogP contribution in [0.25, 0.3) is 0 Å². The van der Waals surface area contributed by atoms with Crippen LogP contribution in [0.4, 0.5) is 10.1 Å². The van der Waals surface area contributed by atoms with Gasteiger partial charge in [-0.2, -0.15) is 0 Å². The van der Waals surface area contributed by atoms with Crippen molar-refractivity contribution in [3.63, 3.8) is 0 Å². The number of anilines is 1. The third kappa shape index (κ3) is 3.58. The standard InChI is InChI=1S/C17H22FN3/c1-4-21(11-14-8-5-7-12(2)20-14)16-10-6-9-15(18)17(16)13(3)19/h5-10,13H,4,11,19H2,1-3H3/t13-/m1/s1. The van der Waals surface area contributed by atoms with E-state index in [1.165, 1.54) is 6.07 Å². The summed E-state index contributed by atoms with van der Waals surface area (Å²) >= 11 is 0. The molecule has 0 aliphatic rings. The molecule has 112 valence electrons. The summed E-state index contributed by atoms with van der Waals surface area (Å²) < 4.78 is 14.1. The molecule has 3 nitrogen and oxygen atoms in total. The molecule has 1 heterocycles. The van der Waals surface area contributed by atoms with E-state index >= 15 is 0 Å². The molecule has 1 aromatic carbocycles. The molecule has 1 atom stereocenters. The molecule has 0 bridgehead atoms. The van der Waals surface area contributed by atoms with E-state index in [-0.39, 0.29) is 11.9 Å². The van der Waals surface area contributed by atoms with Gasteiger partial charge in [0.15, 0.2) is 0 Å². The molecule has 4 heteroatoms. The van der Waals surface area contributed by atoms with Gasteiger partial charge in [-0.05, 0) is 45.0 Å². The summed E-state index contributed by atoms with van der Waals surface area (Å²) in [6.45, 7) is 7.22. The van der Waals surface area contributed by atoms with Crippen LogP contribution in [0.2, 0.25) is 0 Å². The molecule has 1 aromatic heterocycles. The third-order valence-electron chi connectivity index (χ3n) is 3.51. The van der Waals surface area contributed by atoms with Crippen molar-refractivity contribution in [2.75, 3.05) is 11.4 Å². The fourth-order valence-electron chi connectivity index (χ4n) is 2.50. The highest BCUT2D eigenvalue weighted by molar-refractivity contribution is 5.55. The normalized spacial score (nSPS) is 12.2. The molecule has 0 amide bonds. The van der Waals surface area contributed by atoms with Crippen LogP contribution in [0.15, 0.2) is 36.4 Å². The maximum atomic E-state index is 14.1. The van der Waals surface area contributed by atoms with Crippen molar-refractivity contribution in [2.45, 2.75) is 33.4 Å². The highest BCUT2D eigenvalue weighted by Crippen LogP contribution is 2.28. The van der Waals surface area contributed by atoms with Gasteiger partial charge in [0.1, 0.15) is 5.82 Å². The van der Waals surface area contributed by atoms with Gasteiger partial charge in [0.25, 0.3) is 0 Å². The molecule has 21 heavy (non-hydrogen) atoms. The Morgan fingerprint density at radius 1 is 1.24 bits per heavy atom. The fourth-order valence-corrected chi connectivity index (χ4v) is 2.50. The Hall–Kier alpha value is -1.94. The fraction of sp³-hybridized carbons (Fsp3) is 0.353. The number of benzene rings is 1. The van der Waals surface area contributed by atoms with Gasteiger partial charge in [0, 0.05) is 29.5 Å². The zero-order chi connectivity index (χ0) is 15.4. The van der Waals surface area contributed by atoms with Gasteiger partial charge in [0.2, 0.25) is 0 Å². The minimum absolute atomic E-state index is 0.252. The number of aromatic nitrogens is 1. The lowest BCUT2D eigenvalue weighted by Crippen LogP contribution is -2.25. The van der Waals surface area contributed by atoms with Crippen molar-refractivity contribution in [1.82, 2.24) is 4.98 Å². The van der Waals surface area contributed by atoms with Crippen LogP contribution in [0, 0.1) is 12.7 Å². The zero-order valence-electron chi connectivity index (χ0n) is 12.8. The van der Waals surface area contributed by atoms with E-state index in [0.29, 0.717) is 12.1 Å². The maximum absolute atomic E-state index is 14.1. The van der Waals surface area contributed by atoms with Crippen LogP contribution in [-0.2, 0) is 6.54 Å². The number of nitrogens with zero attached hydrogens (tertiary/aromatic N) is 2. The summed E-state index contributed by atoms with van der Waals surface area (Å²) in [5.74, 6) is -0.252. The topological polar surface area (TPSA) is 42.2 Å². The molecule has 0 saturated carbocycles. The molecule has 2 N–H and O–H groups in total. The van der Waals surface area contributed by atoms with Crippen LogP contribution in [0.3, 0.4) is 0 Å². The first-order chi connectivity index (χ1) is 10.0. The molecular formula is C17H22FN3. The Morgan fingerprint density at radius 2 is 1.95 bits per heavy atom. The summed E-state index contributed by atoms with van der Waals surface area (Å²) in [7, 11) is 0. The molecule has 0 aliphatic heterocycles. The second kappa shape index (κ2) is 6.68. The van der Waals surface area contributed by atoms with E-state index in [1.807, 2.05) is 38.1 Å². The summed E-state index contributed by atoms with van der Waals surface area (Å²) in [4.78, 5) is 6.62. The van der Waals surface area contributed by atoms with Crippen molar-refractivity contribution < 1.29 is 4.39 Å². The first-order valence-corrected chi connectivity index (χ1v) is 7.24. The maximum Gasteiger partial charge on any atom is 0.130 e. The van der Waals surface area contributed by atoms with Crippen LogP contribution >= 0.6 is 0 Å². The van der Waals surface area contributed by atoms with Crippen molar-refractivity contribution >= 4 is 5.69 Å². The highest BCUT2D eigenvalue weighted by atomic mass is 19.1.